The van der Waals surface area contributed by atoms with Gasteiger partial charge in [0.15, 0.2) is 5.88 Å². The molecule has 90 valence electrons. The van der Waals surface area contributed by atoms with Crippen LogP contribution in [0.2, 0.25) is 0 Å². The summed E-state index contributed by atoms with van der Waals surface area (Å²) in [4.78, 5) is 1.78. The van der Waals surface area contributed by atoms with E-state index in [0.29, 0.717) is 12.5 Å². The number of allylic oxidation sites excluding steroid dienone is 1. The van der Waals surface area contributed by atoms with Gasteiger partial charge in [-0.15, -0.1) is 0 Å². The predicted octanol–water partition coefficient (Wildman–Crippen LogP) is 2.79. The number of hydrogen-bond donors (Lipinski definition) is 1. The van der Waals surface area contributed by atoms with E-state index < -0.39 is 0 Å². The quantitative estimate of drug-likeness (QED) is 0.499. The number of likely N-dealkylation sites (N-methyl/N-ethyl adjacent to an activating group) is 1. The second-order valence-corrected chi connectivity index (χ2v) is 4.22. The van der Waals surface area contributed by atoms with E-state index in [9.17, 15) is 5.11 Å². The smallest absolute Gasteiger partial charge is 0.182 e. The SMILES string of the molecule is C/C=C(/O)N(C)CCOCCCC(C)C. The van der Waals surface area contributed by atoms with E-state index in [2.05, 4.69) is 13.8 Å². The van der Waals surface area contributed by atoms with Gasteiger partial charge in [0.25, 0.3) is 0 Å². The van der Waals surface area contributed by atoms with E-state index in [-0.39, 0.29) is 0 Å². The molecule has 0 atom stereocenters. The lowest BCUT2D eigenvalue weighted by atomic mass is 10.1. The molecular formula is C12H25NO2. The highest BCUT2D eigenvalue weighted by Crippen LogP contribution is 2.03. The summed E-state index contributed by atoms with van der Waals surface area (Å²) in [7, 11) is 1.85. The molecule has 3 heteroatoms. The second-order valence-electron chi connectivity index (χ2n) is 4.22. The second kappa shape index (κ2) is 8.60. The molecule has 0 fully saturated rings. The first-order valence-electron chi connectivity index (χ1n) is 5.72. The summed E-state index contributed by atoms with van der Waals surface area (Å²) in [6.45, 7) is 8.48. The van der Waals surface area contributed by atoms with Crippen LogP contribution in [0.25, 0.3) is 0 Å². The molecule has 0 amide bonds. The Morgan fingerprint density at radius 1 is 1.40 bits per heavy atom. The molecule has 0 saturated carbocycles. The molecule has 0 aliphatic carbocycles. The lowest BCUT2D eigenvalue weighted by Crippen LogP contribution is -2.22. The van der Waals surface area contributed by atoms with E-state index in [1.807, 2.05) is 14.0 Å². The van der Waals surface area contributed by atoms with Crippen molar-refractivity contribution in [1.29, 1.82) is 0 Å². The van der Waals surface area contributed by atoms with Gasteiger partial charge in [-0.05, 0) is 31.8 Å². The van der Waals surface area contributed by atoms with E-state index in [1.54, 1.807) is 11.0 Å². The molecule has 3 nitrogen and oxygen atoms in total. The number of rotatable bonds is 8. The van der Waals surface area contributed by atoms with Crippen molar-refractivity contribution >= 4 is 0 Å². The van der Waals surface area contributed by atoms with Crippen molar-refractivity contribution < 1.29 is 9.84 Å². The molecule has 0 saturated heterocycles. The molecule has 0 bridgehead atoms. The zero-order valence-electron chi connectivity index (χ0n) is 10.5. The average molecular weight is 215 g/mol. The summed E-state index contributed by atoms with van der Waals surface area (Å²) in [5, 5.41) is 9.33. The number of ether oxygens (including phenoxy) is 1. The molecule has 15 heavy (non-hydrogen) atoms. The molecule has 0 radical (unpaired) electrons. The van der Waals surface area contributed by atoms with Crippen molar-refractivity contribution in [1.82, 2.24) is 4.90 Å². The Labute approximate surface area is 93.7 Å². The summed E-state index contributed by atoms with van der Waals surface area (Å²) >= 11 is 0. The fourth-order valence-electron chi connectivity index (χ4n) is 1.23. The van der Waals surface area contributed by atoms with Crippen LogP contribution in [0.1, 0.15) is 33.6 Å². The molecule has 0 aliphatic heterocycles. The van der Waals surface area contributed by atoms with Gasteiger partial charge in [0.05, 0.1) is 6.61 Å². The van der Waals surface area contributed by atoms with E-state index in [1.165, 1.54) is 6.42 Å². The molecule has 0 spiro atoms. The van der Waals surface area contributed by atoms with Crippen molar-refractivity contribution in [2.75, 3.05) is 26.8 Å². The van der Waals surface area contributed by atoms with Gasteiger partial charge in [-0.3, -0.25) is 0 Å². The summed E-state index contributed by atoms with van der Waals surface area (Å²) < 4.78 is 5.47. The van der Waals surface area contributed by atoms with E-state index in [4.69, 9.17) is 4.74 Å². The molecule has 0 unspecified atom stereocenters. The Bertz CT molecular complexity index is 178. The lowest BCUT2D eigenvalue weighted by molar-refractivity contribution is 0.101. The lowest BCUT2D eigenvalue weighted by Gasteiger charge is -2.17. The number of aliphatic hydroxyl groups is 1. The van der Waals surface area contributed by atoms with Gasteiger partial charge in [0, 0.05) is 20.2 Å². The summed E-state index contributed by atoms with van der Waals surface area (Å²) in [6, 6.07) is 0. The molecule has 0 heterocycles. The van der Waals surface area contributed by atoms with Crippen LogP contribution in [0.15, 0.2) is 12.0 Å². The summed E-state index contributed by atoms with van der Waals surface area (Å²) in [5.41, 5.74) is 0. The van der Waals surface area contributed by atoms with E-state index >= 15 is 0 Å². The minimum absolute atomic E-state index is 0.306. The Balaban J connectivity index is 3.31. The topological polar surface area (TPSA) is 32.7 Å². The van der Waals surface area contributed by atoms with Crippen molar-refractivity contribution in [3.05, 3.63) is 12.0 Å². The van der Waals surface area contributed by atoms with Crippen LogP contribution in [-0.4, -0.2) is 36.8 Å². The number of hydrogen-bond acceptors (Lipinski definition) is 3. The zero-order chi connectivity index (χ0) is 11.7. The first-order chi connectivity index (χ1) is 7.07. The molecule has 0 aromatic carbocycles. The van der Waals surface area contributed by atoms with Gasteiger partial charge in [0.1, 0.15) is 0 Å². The van der Waals surface area contributed by atoms with Crippen molar-refractivity contribution in [3.8, 4) is 0 Å². The van der Waals surface area contributed by atoms with Crippen molar-refractivity contribution in [2.45, 2.75) is 33.6 Å². The van der Waals surface area contributed by atoms with Crippen LogP contribution in [-0.2, 0) is 4.74 Å². The van der Waals surface area contributed by atoms with Crippen LogP contribution in [0.4, 0.5) is 0 Å². The standard InChI is InChI=1S/C12H25NO2/c1-5-12(14)13(4)8-10-15-9-6-7-11(2)3/h5,11,14H,6-10H2,1-4H3/b12-5+. The van der Waals surface area contributed by atoms with E-state index in [0.717, 1.165) is 25.5 Å². The van der Waals surface area contributed by atoms with Crippen molar-refractivity contribution in [3.63, 3.8) is 0 Å². The highest BCUT2D eigenvalue weighted by molar-refractivity contribution is 4.85. The minimum Gasteiger partial charge on any atom is -0.495 e. The third kappa shape index (κ3) is 8.30. The Hall–Kier alpha value is -0.700. The molecule has 0 aliphatic rings. The highest BCUT2D eigenvalue weighted by Gasteiger charge is 2.00. The van der Waals surface area contributed by atoms with Gasteiger partial charge in [0.2, 0.25) is 0 Å². The average Bonchev–Trinajstić information content (AvgIpc) is 2.21. The van der Waals surface area contributed by atoms with Gasteiger partial charge < -0.3 is 14.7 Å². The molecule has 1 N–H and O–H groups in total. The maximum atomic E-state index is 9.33. The van der Waals surface area contributed by atoms with Crippen LogP contribution in [0, 0.1) is 5.92 Å². The number of aliphatic hydroxyl groups excluding tert-OH is 1. The largest absolute Gasteiger partial charge is 0.495 e. The summed E-state index contributed by atoms with van der Waals surface area (Å²) in [5.74, 6) is 1.06. The van der Waals surface area contributed by atoms with Crippen LogP contribution < -0.4 is 0 Å². The van der Waals surface area contributed by atoms with Crippen LogP contribution in [0.3, 0.4) is 0 Å². The third-order valence-electron chi connectivity index (χ3n) is 2.29. The Morgan fingerprint density at radius 2 is 2.07 bits per heavy atom. The first-order valence-corrected chi connectivity index (χ1v) is 5.72. The summed E-state index contributed by atoms with van der Waals surface area (Å²) in [6.07, 6.45) is 4.02. The maximum Gasteiger partial charge on any atom is 0.182 e. The van der Waals surface area contributed by atoms with Gasteiger partial charge in [-0.25, -0.2) is 0 Å². The van der Waals surface area contributed by atoms with Crippen molar-refractivity contribution in [2.24, 2.45) is 5.92 Å². The fraction of sp³-hybridized carbons (Fsp3) is 0.833. The van der Waals surface area contributed by atoms with Gasteiger partial charge in [-0.1, -0.05) is 13.8 Å². The van der Waals surface area contributed by atoms with Gasteiger partial charge >= 0.3 is 0 Å². The molecule has 0 aromatic rings. The normalized spacial score (nSPS) is 12.2. The maximum absolute atomic E-state index is 9.33. The van der Waals surface area contributed by atoms with Crippen LogP contribution >= 0.6 is 0 Å². The van der Waals surface area contributed by atoms with Gasteiger partial charge in [-0.2, -0.15) is 0 Å². The predicted molar refractivity (Wildman–Crippen MR) is 63.9 cm³/mol. The molecule has 0 aromatic heterocycles. The molecule has 0 rings (SSSR count). The Morgan fingerprint density at radius 3 is 2.60 bits per heavy atom. The monoisotopic (exact) mass is 215 g/mol. The highest BCUT2D eigenvalue weighted by atomic mass is 16.5. The fourth-order valence-corrected chi connectivity index (χ4v) is 1.23. The Kier molecular flexibility index (Phi) is 8.19. The zero-order valence-corrected chi connectivity index (χ0v) is 10.5. The number of nitrogens with zero attached hydrogens (tertiary/aromatic N) is 1. The third-order valence-corrected chi connectivity index (χ3v) is 2.29. The van der Waals surface area contributed by atoms with Crippen LogP contribution in [0.5, 0.6) is 0 Å². The minimum atomic E-state index is 0.306. The molecular weight excluding hydrogens is 190 g/mol. The first kappa shape index (κ1) is 14.3.